The van der Waals surface area contributed by atoms with Gasteiger partial charge in [0.05, 0.1) is 10.7 Å². The SMILES string of the molecule is Cc1nc(CN[C@@H](C)c2cccc(Cl)c2)cs1. The lowest BCUT2D eigenvalue weighted by atomic mass is 10.1. The van der Waals surface area contributed by atoms with Gasteiger partial charge < -0.3 is 5.32 Å². The van der Waals surface area contributed by atoms with Gasteiger partial charge >= 0.3 is 0 Å². The van der Waals surface area contributed by atoms with Crippen LogP contribution in [0.25, 0.3) is 0 Å². The van der Waals surface area contributed by atoms with Crippen LogP contribution in [-0.2, 0) is 6.54 Å². The van der Waals surface area contributed by atoms with Crippen molar-refractivity contribution < 1.29 is 0 Å². The van der Waals surface area contributed by atoms with Gasteiger partial charge in [-0.2, -0.15) is 0 Å². The first-order valence-corrected chi connectivity index (χ1v) is 6.81. The normalized spacial score (nSPS) is 12.6. The van der Waals surface area contributed by atoms with E-state index in [4.69, 9.17) is 11.6 Å². The molecular weight excluding hydrogens is 252 g/mol. The molecule has 0 aliphatic heterocycles. The van der Waals surface area contributed by atoms with E-state index in [2.05, 4.69) is 28.7 Å². The molecule has 0 amide bonds. The van der Waals surface area contributed by atoms with Crippen molar-refractivity contribution in [3.63, 3.8) is 0 Å². The molecule has 0 saturated carbocycles. The highest BCUT2D eigenvalue weighted by Crippen LogP contribution is 2.18. The van der Waals surface area contributed by atoms with E-state index < -0.39 is 0 Å². The van der Waals surface area contributed by atoms with Crippen molar-refractivity contribution in [3.05, 3.63) is 50.9 Å². The third-order valence-corrected chi connectivity index (χ3v) is 3.66. The van der Waals surface area contributed by atoms with Gasteiger partial charge in [0, 0.05) is 23.0 Å². The Morgan fingerprint density at radius 1 is 1.47 bits per heavy atom. The minimum atomic E-state index is 0.274. The van der Waals surface area contributed by atoms with Crippen LogP contribution >= 0.6 is 22.9 Å². The molecule has 0 unspecified atom stereocenters. The van der Waals surface area contributed by atoms with Gasteiger partial charge in [-0.1, -0.05) is 23.7 Å². The summed E-state index contributed by atoms with van der Waals surface area (Å²) in [6, 6.07) is 8.21. The number of nitrogens with one attached hydrogen (secondary N) is 1. The van der Waals surface area contributed by atoms with Gasteiger partial charge in [-0.3, -0.25) is 0 Å². The second-order valence-corrected chi connectivity index (χ2v) is 5.51. The number of halogens is 1. The van der Waals surface area contributed by atoms with Crippen molar-refractivity contribution in [2.24, 2.45) is 0 Å². The van der Waals surface area contributed by atoms with Crippen LogP contribution in [0.3, 0.4) is 0 Å². The third kappa shape index (κ3) is 3.53. The van der Waals surface area contributed by atoms with Crippen LogP contribution in [-0.4, -0.2) is 4.98 Å². The van der Waals surface area contributed by atoms with Gasteiger partial charge in [0.1, 0.15) is 0 Å². The molecule has 0 spiro atoms. The molecule has 1 atom stereocenters. The molecule has 1 aromatic carbocycles. The maximum atomic E-state index is 5.97. The minimum absolute atomic E-state index is 0.274. The van der Waals surface area contributed by atoms with Gasteiger partial charge in [-0.15, -0.1) is 11.3 Å². The van der Waals surface area contributed by atoms with Crippen molar-refractivity contribution in [2.45, 2.75) is 26.4 Å². The largest absolute Gasteiger partial charge is 0.305 e. The molecular formula is C13H15ClN2S. The van der Waals surface area contributed by atoms with Crippen LogP contribution in [0.2, 0.25) is 5.02 Å². The first kappa shape index (κ1) is 12.6. The molecule has 1 heterocycles. The minimum Gasteiger partial charge on any atom is -0.305 e. The van der Waals surface area contributed by atoms with Gasteiger partial charge in [-0.25, -0.2) is 4.98 Å². The monoisotopic (exact) mass is 266 g/mol. The number of aryl methyl sites for hydroxylation is 1. The summed E-state index contributed by atoms with van der Waals surface area (Å²) < 4.78 is 0. The van der Waals surface area contributed by atoms with Crippen LogP contribution < -0.4 is 5.32 Å². The Morgan fingerprint density at radius 2 is 2.29 bits per heavy atom. The van der Waals surface area contributed by atoms with Crippen LogP contribution in [0, 0.1) is 6.92 Å². The fourth-order valence-corrected chi connectivity index (χ4v) is 2.45. The predicted octanol–water partition coefficient (Wildman–Crippen LogP) is 3.96. The molecule has 0 radical (unpaired) electrons. The maximum absolute atomic E-state index is 5.97. The van der Waals surface area contributed by atoms with Gasteiger partial charge in [0.15, 0.2) is 0 Å². The fraction of sp³-hybridized carbons (Fsp3) is 0.308. The lowest BCUT2D eigenvalue weighted by Gasteiger charge is -2.13. The summed E-state index contributed by atoms with van der Waals surface area (Å²) >= 11 is 7.65. The zero-order chi connectivity index (χ0) is 12.3. The van der Waals surface area contributed by atoms with Crippen molar-refractivity contribution in [1.82, 2.24) is 10.3 Å². The lowest BCUT2D eigenvalue weighted by Crippen LogP contribution is -2.18. The van der Waals surface area contributed by atoms with Gasteiger partial charge in [0.2, 0.25) is 0 Å². The molecule has 2 nitrogen and oxygen atoms in total. The molecule has 0 bridgehead atoms. The summed E-state index contributed by atoms with van der Waals surface area (Å²) in [7, 11) is 0. The highest BCUT2D eigenvalue weighted by molar-refractivity contribution is 7.09. The summed E-state index contributed by atoms with van der Waals surface area (Å²) in [6.45, 7) is 4.94. The topological polar surface area (TPSA) is 24.9 Å². The lowest BCUT2D eigenvalue weighted by molar-refractivity contribution is 0.569. The second kappa shape index (κ2) is 5.63. The summed E-state index contributed by atoms with van der Waals surface area (Å²) in [5.74, 6) is 0. The third-order valence-electron chi connectivity index (χ3n) is 2.60. The zero-order valence-corrected chi connectivity index (χ0v) is 11.5. The Kier molecular flexibility index (Phi) is 4.15. The van der Waals surface area contributed by atoms with Crippen LogP contribution in [0.5, 0.6) is 0 Å². The zero-order valence-electron chi connectivity index (χ0n) is 9.90. The van der Waals surface area contributed by atoms with E-state index in [0.717, 1.165) is 22.3 Å². The number of aromatic nitrogens is 1. The molecule has 0 aliphatic carbocycles. The van der Waals surface area contributed by atoms with Crippen molar-refractivity contribution in [2.75, 3.05) is 0 Å². The number of hydrogen-bond acceptors (Lipinski definition) is 3. The molecule has 17 heavy (non-hydrogen) atoms. The highest BCUT2D eigenvalue weighted by Gasteiger charge is 2.06. The van der Waals surface area contributed by atoms with Crippen LogP contribution in [0.15, 0.2) is 29.6 Å². The number of nitrogens with zero attached hydrogens (tertiary/aromatic N) is 1. The van der Waals surface area contributed by atoms with Crippen molar-refractivity contribution in [1.29, 1.82) is 0 Å². The van der Waals surface area contributed by atoms with E-state index in [9.17, 15) is 0 Å². The fourth-order valence-electron chi connectivity index (χ4n) is 1.64. The van der Waals surface area contributed by atoms with Crippen molar-refractivity contribution >= 4 is 22.9 Å². The number of rotatable bonds is 4. The summed E-state index contributed by atoms with van der Waals surface area (Å²) in [5, 5.41) is 7.42. The van der Waals surface area contributed by atoms with E-state index in [0.29, 0.717) is 0 Å². The van der Waals surface area contributed by atoms with Crippen molar-refractivity contribution in [3.8, 4) is 0 Å². The molecule has 1 N–H and O–H groups in total. The highest BCUT2D eigenvalue weighted by atomic mass is 35.5. The number of benzene rings is 1. The first-order chi connectivity index (χ1) is 8.15. The van der Waals surface area contributed by atoms with Gasteiger partial charge in [-0.05, 0) is 31.5 Å². The Balaban J connectivity index is 1.95. The first-order valence-electron chi connectivity index (χ1n) is 5.55. The molecule has 0 aliphatic rings. The van der Waals surface area contributed by atoms with Gasteiger partial charge in [0.25, 0.3) is 0 Å². The molecule has 4 heteroatoms. The molecule has 2 aromatic rings. The Labute approximate surface area is 111 Å². The summed E-state index contributed by atoms with van der Waals surface area (Å²) in [6.07, 6.45) is 0. The molecule has 2 rings (SSSR count). The summed E-state index contributed by atoms with van der Waals surface area (Å²) in [5.41, 5.74) is 2.30. The summed E-state index contributed by atoms with van der Waals surface area (Å²) in [4.78, 5) is 4.42. The van der Waals surface area contributed by atoms with E-state index in [1.165, 1.54) is 5.56 Å². The standard InChI is InChI=1S/C13H15ClN2S/c1-9(11-4-3-5-12(14)6-11)15-7-13-8-17-10(2)16-13/h3-6,8-9,15H,7H2,1-2H3/t9-/m0/s1. The smallest absolute Gasteiger partial charge is 0.0897 e. The Bertz CT molecular complexity index is 496. The van der Waals surface area contributed by atoms with E-state index >= 15 is 0 Å². The Morgan fingerprint density at radius 3 is 2.94 bits per heavy atom. The molecule has 1 aromatic heterocycles. The molecule has 90 valence electrons. The molecule has 0 fully saturated rings. The predicted molar refractivity (Wildman–Crippen MR) is 73.6 cm³/mol. The van der Waals surface area contributed by atoms with E-state index in [-0.39, 0.29) is 6.04 Å². The maximum Gasteiger partial charge on any atom is 0.0897 e. The second-order valence-electron chi connectivity index (χ2n) is 4.02. The number of hydrogen-bond donors (Lipinski definition) is 1. The number of thiazole rings is 1. The van der Waals surface area contributed by atoms with Crippen LogP contribution in [0.4, 0.5) is 0 Å². The van der Waals surface area contributed by atoms with E-state index in [1.807, 2.05) is 25.1 Å². The Hall–Kier alpha value is -0.900. The average molecular weight is 267 g/mol. The van der Waals surface area contributed by atoms with E-state index in [1.54, 1.807) is 11.3 Å². The molecule has 0 saturated heterocycles. The quantitative estimate of drug-likeness (QED) is 0.906. The average Bonchev–Trinajstić information content (AvgIpc) is 2.72. The van der Waals surface area contributed by atoms with Crippen LogP contribution in [0.1, 0.15) is 29.2 Å².